The maximum Gasteiger partial charge on any atom is 0.288 e. The molecule has 0 aliphatic carbocycles. The number of nitrogens with zero attached hydrogens (tertiary/aromatic N) is 3. The van der Waals surface area contributed by atoms with Gasteiger partial charge in [0.25, 0.3) is 5.76 Å². The van der Waals surface area contributed by atoms with E-state index in [0.29, 0.717) is 22.3 Å². The minimum atomic E-state index is -2.46. The highest BCUT2D eigenvalue weighted by Crippen LogP contribution is 2.26. The topological polar surface area (TPSA) is 72.0 Å². The second-order valence-corrected chi connectivity index (χ2v) is 3.76. The second kappa shape index (κ2) is 6.46. The van der Waals surface area contributed by atoms with Crippen LogP contribution < -0.4 is 5.43 Å². The van der Waals surface area contributed by atoms with Crippen molar-refractivity contribution >= 4 is 23.2 Å². The van der Waals surface area contributed by atoms with Crippen molar-refractivity contribution in [1.82, 2.24) is 0 Å². The van der Waals surface area contributed by atoms with E-state index in [-0.39, 0.29) is 5.71 Å². The van der Waals surface area contributed by atoms with Crippen molar-refractivity contribution in [2.75, 3.05) is 5.43 Å². The lowest BCUT2D eigenvalue weighted by atomic mass is 10.3. The molecule has 1 rings (SSSR count). The van der Waals surface area contributed by atoms with Gasteiger partial charge in [-0.3, -0.25) is 5.43 Å². The average molecular weight is 252 g/mol. The Morgan fingerprint density at radius 2 is 1.82 bits per heavy atom. The highest BCUT2D eigenvalue weighted by atomic mass is 32.2. The number of rotatable bonds is 4. The minimum Gasteiger partial charge on any atom is -0.277 e. The summed E-state index contributed by atoms with van der Waals surface area (Å²) in [5.41, 5.74) is 2.67. The number of nitriles is 2. The third kappa shape index (κ3) is 4.49. The normalized spacial score (nSPS) is 9.24. The fourth-order valence-corrected chi connectivity index (χ4v) is 1.41. The molecule has 0 bridgehead atoms. The van der Waals surface area contributed by atoms with Crippen molar-refractivity contribution < 1.29 is 8.78 Å². The lowest BCUT2D eigenvalue weighted by Gasteiger charge is -2.02. The maximum atomic E-state index is 12.0. The summed E-state index contributed by atoms with van der Waals surface area (Å²) >= 11 is 0.439. The van der Waals surface area contributed by atoms with Gasteiger partial charge in [0.1, 0.15) is 12.1 Å². The first-order valence-corrected chi connectivity index (χ1v) is 5.22. The van der Waals surface area contributed by atoms with Crippen molar-refractivity contribution in [2.24, 2.45) is 5.10 Å². The monoisotopic (exact) mass is 252 g/mol. The molecule has 7 heteroatoms. The maximum absolute atomic E-state index is 12.0. The molecule has 86 valence electrons. The quantitative estimate of drug-likeness (QED) is 0.508. The van der Waals surface area contributed by atoms with Crippen LogP contribution in [0.25, 0.3) is 0 Å². The van der Waals surface area contributed by atoms with Crippen molar-refractivity contribution in [1.29, 1.82) is 10.5 Å². The first-order chi connectivity index (χ1) is 8.15. The zero-order valence-corrected chi connectivity index (χ0v) is 9.21. The number of hydrazone groups is 1. The van der Waals surface area contributed by atoms with Crippen LogP contribution in [0.4, 0.5) is 14.5 Å². The Morgan fingerprint density at radius 1 is 1.24 bits per heavy atom. The van der Waals surface area contributed by atoms with Crippen molar-refractivity contribution in [3.05, 3.63) is 24.3 Å². The molecular formula is C10H6F2N4S. The third-order valence-electron chi connectivity index (χ3n) is 1.59. The molecule has 0 radical (unpaired) electrons. The lowest BCUT2D eigenvalue weighted by Crippen LogP contribution is -1.96. The van der Waals surface area contributed by atoms with Gasteiger partial charge in [0.15, 0.2) is 0 Å². The Hall–Kier alpha value is -2.12. The lowest BCUT2D eigenvalue weighted by molar-refractivity contribution is 0.252. The van der Waals surface area contributed by atoms with Crippen LogP contribution in [0.3, 0.4) is 0 Å². The van der Waals surface area contributed by atoms with E-state index in [2.05, 4.69) is 10.5 Å². The van der Waals surface area contributed by atoms with E-state index in [1.54, 1.807) is 12.1 Å². The molecule has 0 saturated carbocycles. The van der Waals surface area contributed by atoms with Gasteiger partial charge in [0.05, 0.1) is 5.69 Å². The van der Waals surface area contributed by atoms with Crippen molar-refractivity contribution in [2.45, 2.75) is 10.7 Å². The summed E-state index contributed by atoms with van der Waals surface area (Å²) in [7, 11) is 0. The molecule has 17 heavy (non-hydrogen) atoms. The number of hydrogen-bond donors (Lipinski definition) is 1. The molecule has 0 amide bonds. The summed E-state index contributed by atoms with van der Waals surface area (Å²) in [4.78, 5) is 0.426. The fourth-order valence-electron chi connectivity index (χ4n) is 0.906. The van der Waals surface area contributed by atoms with Gasteiger partial charge in [-0.2, -0.15) is 24.4 Å². The first-order valence-electron chi connectivity index (χ1n) is 4.34. The number of hydrogen-bond acceptors (Lipinski definition) is 5. The van der Waals surface area contributed by atoms with Gasteiger partial charge in [0.2, 0.25) is 5.71 Å². The molecule has 1 aromatic rings. The molecule has 0 spiro atoms. The van der Waals surface area contributed by atoms with Crippen LogP contribution in [0, 0.1) is 22.7 Å². The highest BCUT2D eigenvalue weighted by molar-refractivity contribution is 7.99. The van der Waals surface area contributed by atoms with Gasteiger partial charge in [-0.05, 0) is 24.3 Å². The van der Waals surface area contributed by atoms with E-state index in [9.17, 15) is 8.78 Å². The average Bonchev–Trinajstić information content (AvgIpc) is 2.32. The van der Waals surface area contributed by atoms with E-state index in [4.69, 9.17) is 10.5 Å². The van der Waals surface area contributed by atoms with Crippen LogP contribution in [0.15, 0.2) is 34.3 Å². The van der Waals surface area contributed by atoms with E-state index >= 15 is 0 Å². The first kappa shape index (κ1) is 12.9. The molecule has 1 N–H and O–H groups in total. The number of benzene rings is 1. The SMILES string of the molecule is N#CC(C#N)=NNc1ccc(SC(F)F)cc1. The van der Waals surface area contributed by atoms with Crippen LogP contribution in [-0.2, 0) is 0 Å². The summed E-state index contributed by atoms with van der Waals surface area (Å²) in [6.07, 6.45) is 0. The minimum absolute atomic E-state index is 0.309. The van der Waals surface area contributed by atoms with Crippen LogP contribution >= 0.6 is 11.8 Å². The molecule has 0 atom stereocenters. The molecule has 0 unspecified atom stereocenters. The second-order valence-electron chi connectivity index (χ2n) is 2.70. The zero-order valence-electron chi connectivity index (χ0n) is 8.39. The molecule has 0 saturated heterocycles. The molecule has 4 nitrogen and oxygen atoms in total. The highest BCUT2D eigenvalue weighted by Gasteiger charge is 2.04. The van der Waals surface area contributed by atoms with Crippen LogP contribution in [0.5, 0.6) is 0 Å². The van der Waals surface area contributed by atoms with Crippen LogP contribution in [-0.4, -0.2) is 11.5 Å². The van der Waals surface area contributed by atoms with Gasteiger partial charge in [-0.15, -0.1) is 0 Å². The van der Waals surface area contributed by atoms with Crippen LogP contribution in [0.1, 0.15) is 0 Å². The number of thioether (sulfide) groups is 1. The Balaban J connectivity index is 2.67. The smallest absolute Gasteiger partial charge is 0.277 e. The van der Waals surface area contributed by atoms with E-state index in [0.717, 1.165) is 0 Å². The molecule has 0 aliphatic heterocycles. The summed E-state index contributed by atoms with van der Waals surface area (Å²) in [5, 5.41) is 20.3. The number of alkyl halides is 2. The Bertz CT molecular complexity index is 469. The molecule has 0 aliphatic rings. The van der Waals surface area contributed by atoms with Gasteiger partial charge >= 0.3 is 0 Å². The fraction of sp³-hybridized carbons (Fsp3) is 0.100. The summed E-state index contributed by atoms with van der Waals surface area (Å²) in [6, 6.07) is 9.21. The van der Waals surface area contributed by atoms with Crippen molar-refractivity contribution in [3.63, 3.8) is 0 Å². The number of halogens is 2. The molecule has 0 heterocycles. The molecular weight excluding hydrogens is 246 g/mol. The van der Waals surface area contributed by atoms with E-state index in [1.165, 1.54) is 24.3 Å². The predicted octanol–water partition coefficient (Wildman–Crippen LogP) is 2.82. The Morgan fingerprint density at radius 3 is 2.29 bits per heavy atom. The standard InChI is InChI=1S/C10H6F2N4S/c11-10(12)17-9-3-1-7(2-4-9)15-16-8(5-13)6-14/h1-4,10,15H. The van der Waals surface area contributed by atoms with Gasteiger partial charge in [-0.25, -0.2) is 0 Å². The van der Waals surface area contributed by atoms with Gasteiger partial charge in [-0.1, -0.05) is 11.8 Å². The Kier molecular flexibility index (Phi) is 4.92. The van der Waals surface area contributed by atoms with Crippen molar-refractivity contribution in [3.8, 4) is 12.1 Å². The molecule has 0 aromatic heterocycles. The van der Waals surface area contributed by atoms with E-state index in [1.807, 2.05) is 0 Å². The largest absolute Gasteiger partial charge is 0.288 e. The zero-order chi connectivity index (χ0) is 12.7. The third-order valence-corrected chi connectivity index (χ3v) is 2.31. The Labute approximate surface area is 101 Å². The van der Waals surface area contributed by atoms with Gasteiger partial charge < -0.3 is 0 Å². The summed E-state index contributed by atoms with van der Waals surface area (Å²) in [5.74, 6) is -2.46. The number of nitrogens with one attached hydrogen (secondary N) is 1. The molecule has 1 aromatic carbocycles. The molecule has 0 fully saturated rings. The summed E-state index contributed by atoms with van der Waals surface area (Å²) in [6.45, 7) is 0. The predicted molar refractivity (Wildman–Crippen MR) is 60.6 cm³/mol. The number of anilines is 1. The summed E-state index contributed by atoms with van der Waals surface area (Å²) < 4.78 is 24.0. The van der Waals surface area contributed by atoms with Gasteiger partial charge in [0, 0.05) is 4.90 Å². The van der Waals surface area contributed by atoms with Crippen LogP contribution in [0.2, 0.25) is 0 Å². The van der Waals surface area contributed by atoms with E-state index < -0.39 is 5.76 Å².